The van der Waals surface area contributed by atoms with Crippen LogP contribution in [0.2, 0.25) is 0 Å². The minimum Gasteiger partial charge on any atom is -0.330 e. The van der Waals surface area contributed by atoms with Crippen molar-refractivity contribution in [3.63, 3.8) is 0 Å². The van der Waals surface area contributed by atoms with Gasteiger partial charge in [-0.15, -0.1) is 0 Å². The largest absolute Gasteiger partial charge is 0.330 e. The SMILES string of the molecule is CC(=O)c1ccccc1C(C)(C)CN. The molecule has 0 saturated carbocycles. The average molecular weight is 191 g/mol. The van der Waals surface area contributed by atoms with Gasteiger partial charge in [-0.3, -0.25) is 4.79 Å². The molecule has 0 amide bonds. The fourth-order valence-electron chi connectivity index (χ4n) is 1.49. The molecule has 0 radical (unpaired) electrons. The summed E-state index contributed by atoms with van der Waals surface area (Å²) in [6.45, 7) is 6.23. The number of hydrogen-bond donors (Lipinski definition) is 1. The van der Waals surface area contributed by atoms with Gasteiger partial charge in [-0.25, -0.2) is 0 Å². The first-order chi connectivity index (χ1) is 6.49. The Balaban J connectivity index is 3.27. The van der Waals surface area contributed by atoms with E-state index in [4.69, 9.17) is 5.73 Å². The molecule has 2 N–H and O–H groups in total. The molecule has 2 nitrogen and oxygen atoms in total. The first-order valence-electron chi connectivity index (χ1n) is 4.79. The summed E-state index contributed by atoms with van der Waals surface area (Å²) in [7, 11) is 0. The van der Waals surface area contributed by atoms with Crippen LogP contribution < -0.4 is 5.73 Å². The molecule has 1 rings (SSSR count). The van der Waals surface area contributed by atoms with Crippen LogP contribution in [0.3, 0.4) is 0 Å². The normalized spacial score (nSPS) is 11.4. The van der Waals surface area contributed by atoms with E-state index in [2.05, 4.69) is 13.8 Å². The number of benzene rings is 1. The zero-order valence-corrected chi connectivity index (χ0v) is 9.00. The van der Waals surface area contributed by atoms with E-state index in [1.807, 2.05) is 24.3 Å². The second-order valence-electron chi connectivity index (χ2n) is 4.19. The number of carbonyl (C=O) groups excluding carboxylic acids is 1. The van der Waals surface area contributed by atoms with E-state index in [1.54, 1.807) is 6.92 Å². The molecule has 0 saturated heterocycles. The van der Waals surface area contributed by atoms with Gasteiger partial charge in [0.05, 0.1) is 0 Å². The van der Waals surface area contributed by atoms with Gasteiger partial charge < -0.3 is 5.73 Å². The van der Waals surface area contributed by atoms with E-state index in [9.17, 15) is 4.79 Å². The third-order valence-electron chi connectivity index (χ3n) is 2.55. The lowest BCUT2D eigenvalue weighted by atomic mass is 9.81. The van der Waals surface area contributed by atoms with E-state index in [1.165, 1.54) is 0 Å². The van der Waals surface area contributed by atoms with Gasteiger partial charge in [0.15, 0.2) is 5.78 Å². The van der Waals surface area contributed by atoms with Gasteiger partial charge in [0.1, 0.15) is 0 Å². The summed E-state index contributed by atoms with van der Waals surface area (Å²) >= 11 is 0. The number of ketones is 1. The minimum absolute atomic E-state index is 0.0992. The van der Waals surface area contributed by atoms with Crippen LogP contribution in [0.25, 0.3) is 0 Å². The maximum atomic E-state index is 11.4. The lowest BCUT2D eigenvalue weighted by Crippen LogP contribution is -2.29. The van der Waals surface area contributed by atoms with Crippen LogP contribution in [0.1, 0.15) is 36.7 Å². The Hall–Kier alpha value is -1.15. The molecule has 0 bridgehead atoms. The van der Waals surface area contributed by atoms with Gasteiger partial charge in [-0.05, 0) is 12.5 Å². The summed E-state index contributed by atoms with van der Waals surface area (Å²) in [6.07, 6.45) is 0. The Morgan fingerprint density at radius 2 is 1.93 bits per heavy atom. The van der Waals surface area contributed by atoms with Crippen LogP contribution in [0, 0.1) is 0 Å². The van der Waals surface area contributed by atoms with Crippen molar-refractivity contribution in [3.05, 3.63) is 35.4 Å². The van der Waals surface area contributed by atoms with E-state index >= 15 is 0 Å². The summed E-state index contributed by atoms with van der Waals surface area (Å²) in [5, 5.41) is 0. The zero-order chi connectivity index (χ0) is 10.8. The second-order valence-corrected chi connectivity index (χ2v) is 4.19. The number of carbonyl (C=O) groups is 1. The first kappa shape index (κ1) is 10.9. The van der Waals surface area contributed by atoms with Crippen molar-refractivity contribution < 1.29 is 4.79 Å². The molecule has 1 aromatic carbocycles. The lowest BCUT2D eigenvalue weighted by Gasteiger charge is -2.25. The highest BCUT2D eigenvalue weighted by molar-refractivity contribution is 5.95. The third-order valence-corrected chi connectivity index (χ3v) is 2.55. The molecule has 0 aromatic heterocycles. The van der Waals surface area contributed by atoms with Crippen molar-refractivity contribution in [2.24, 2.45) is 5.73 Å². The maximum absolute atomic E-state index is 11.4. The minimum atomic E-state index is -0.137. The Morgan fingerprint density at radius 3 is 2.43 bits per heavy atom. The highest BCUT2D eigenvalue weighted by atomic mass is 16.1. The van der Waals surface area contributed by atoms with Gasteiger partial charge in [0.2, 0.25) is 0 Å². The van der Waals surface area contributed by atoms with Gasteiger partial charge >= 0.3 is 0 Å². The predicted octanol–water partition coefficient (Wildman–Crippen LogP) is 2.13. The number of rotatable bonds is 3. The standard InChI is InChI=1S/C12H17NO/c1-9(14)10-6-4-5-7-11(10)12(2,3)8-13/h4-7H,8,13H2,1-3H3. The summed E-state index contributed by atoms with van der Waals surface area (Å²) in [6, 6.07) is 7.66. The lowest BCUT2D eigenvalue weighted by molar-refractivity contribution is 0.101. The fourth-order valence-corrected chi connectivity index (χ4v) is 1.49. The van der Waals surface area contributed by atoms with Crippen molar-refractivity contribution >= 4 is 5.78 Å². The van der Waals surface area contributed by atoms with Crippen LogP contribution in [0.15, 0.2) is 24.3 Å². The molecule has 0 atom stereocenters. The first-order valence-corrected chi connectivity index (χ1v) is 4.79. The Morgan fingerprint density at radius 1 is 1.36 bits per heavy atom. The Kier molecular flexibility index (Phi) is 3.06. The van der Waals surface area contributed by atoms with E-state index in [0.717, 1.165) is 11.1 Å². The highest BCUT2D eigenvalue weighted by Crippen LogP contribution is 2.25. The van der Waals surface area contributed by atoms with Crippen LogP contribution in [0.5, 0.6) is 0 Å². The van der Waals surface area contributed by atoms with Crippen molar-refractivity contribution in [3.8, 4) is 0 Å². The zero-order valence-electron chi connectivity index (χ0n) is 9.00. The Labute approximate surface area is 85.1 Å². The molecule has 0 aliphatic rings. The molecule has 0 fully saturated rings. The summed E-state index contributed by atoms with van der Waals surface area (Å²) in [5.41, 5.74) is 7.38. The van der Waals surface area contributed by atoms with Crippen molar-refractivity contribution in [1.29, 1.82) is 0 Å². The van der Waals surface area contributed by atoms with Gasteiger partial charge in [0, 0.05) is 17.5 Å². The summed E-state index contributed by atoms with van der Waals surface area (Å²) in [4.78, 5) is 11.4. The molecule has 0 spiro atoms. The molecule has 2 heteroatoms. The molecule has 76 valence electrons. The number of Topliss-reactive ketones (excluding diaryl/α,β-unsaturated/α-hetero) is 1. The molecule has 0 aliphatic carbocycles. The third kappa shape index (κ3) is 2.02. The smallest absolute Gasteiger partial charge is 0.160 e. The molecular weight excluding hydrogens is 174 g/mol. The van der Waals surface area contributed by atoms with Gasteiger partial charge in [0.25, 0.3) is 0 Å². The summed E-state index contributed by atoms with van der Waals surface area (Å²) < 4.78 is 0. The maximum Gasteiger partial charge on any atom is 0.160 e. The number of hydrogen-bond acceptors (Lipinski definition) is 2. The van der Waals surface area contributed by atoms with Crippen molar-refractivity contribution in [2.45, 2.75) is 26.2 Å². The van der Waals surface area contributed by atoms with Crippen LogP contribution in [0.4, 0.5) is 0 Å². The van der Waals surface area contributed by atoms with Gasteiger partial charge in [-0.2, -0.15) is 0 Å². The molecule has 1 aromatic rings. The molecule has 14 heavy (non-hydrogen) atoms. The fraction of sp³-hybridized carbons (Fsp3) is 0.417. The molecular formula is C12H17NO. The van der Waals surface area contributed by atoms with Crippen molar-refractivity contribution in [1.82, 2.24) is 0 Å². The second kappa shape index (κ2) is 3.93. The monoisotopic (exact) mass is 191 g/mol. The van der Waals surface area contributed by atoms with Crippen LogP contribution in [-0.4, -0.2) is 12.3 Å². The molecule has 0 heterocycles. The quantitative estimate of drug-likeness (QED) is 0.744. The van der Waals surface area contributed by atoms with Gasteiger partial charge in [-0.1, -0.05) is 38.1 Å². The van der Waals surface area contributed by atoms with Crippen LogP contribution in [-0.2, 0) is 5.41 Å². The molecule has 0 unspecified atom stereocenters. The highest BCUT2D eigenvalue weighted by Gasteiger charge is 2.22. The van der Waals surface area contributed by atoms with Crippen LogP contribution >= 0.6 is 0 Å². The number of nitrogens with two attached hydrogens (primary N) is 1. The van der Waals surface area contributed by atoms with E-state index in [-0.39, 0.29) is 11.2 Å². The Bertz CT molecular complexity index is 342. The summed E-state index contributed by atoms with van der Waals surface area (Å²) in [5.74, 6) is 0.0992. The van der Waals surface area contributed by atoms with E-state index < -0.39 is 0 Å². The average Bonchev–Trinajstić information content (AvgIpc) is 2.18. The van der Waals surface area contributed by atoms with E-state index in [0.29, 0.717) is 6.54 Å². The van der Waals surface area contributed by atoms with Crippen molar-refractivity contribution in [2.75, 3.05) is 6.54 Å². The predicted molar refractivity (Wildman–Crippen MR) is 58.5 cm³/mol. The topological polar surface area (TPSA) is 43.1 Å². The molecule has 0 aliphatic heterocycles.